The highest BCUT2D eigenvalue weighted by Gasteiger charge is 2.33. The van der Waals surface area contributed by atoms with Gasteiger partial charge in [-0.15, -0.1) is 0 Å². The van der Waals surface area contributed by atoms with Crippen molar-refractivity contribution >= 4 is 51.9 Å². The molecule has 1 fully saturated rings. The number of carbonyl (C=O) groups is 2. The standard InChI is InChI=1S/C20H15NO4S2/c1-2-11-25-16-6-4-3-5-14(16)12-17-18(22)21(20(26)27-17)15-9-7-13(8-10-15)19(23)24/h2-10,12H,1,11H2,(H,23,24)/p-1/b17-12+. The molecule has 0 aliphatic carbocycles. The molecule has 1 saturated heterocycles. The number of carboxylic acid groups (broad SMARTS) is 1. The van der Waals surface area contributed by atoms with Crippen LogP contribution in [0.1, 0.15) is 15.9 Å². The van der Waals surface area contributed by atoms with Crippen molar-refractivity contribution in [3.05, 3.63) is 77.2 Å². The minimum Gasteiger partial charge on any atom is -0.545 e. The second-order valence-electron chi connectivity index (χ2n) is 5.49. The van der Waals surface area contributed by atoms with E-state index in [0.717, 1.165) is 5.56 Å². The maximum atomic E-state index is 12.8. The number of thiocarbonyl (C=S) groups is 1. The van der Waals surface area contributed by atoms with Crippen molar-refractivity contribution < 1.29 is 19.4 Å². The van der Waals surface area contributed by atoms with Crippen molar-refractivity contribution in [1.82, 2.24) is 0 Å². The summed E-state index contributed by atoms with van der Waals surface area (Å²) >= 11 is 6.51. The van der Waals surface area contributed by atoms with Crippen molar-refractivity contribution in [3.63, 3.8) is 0 Å². The number of anilines is 1. The molecule has 0 unspecified atom stereocenters. The quantitative estimate of drug-likeness (QED) is 0.425. The number of hydrogen-bond donors (Lipinski definition) is 0. The molecule has 0 atom stereocenters. The molecular weight excluding hydrogens is 382 g/mol. The van der Waals surface area contributed by atoms with Gasteiger partial charge in [-0.05, 0) is 29.8 Å². The van der Waals surface area contributed by atoms with E-state index < -0.39 is 5.97 Å². The van der Waals surface area contributed by atoms with Gasteiger partial charge in [0.25, 0.3) is 5.91 Å². The van der Waals surface area contributed by atoms with Crippen LogP contribution >= 0.6 is 24.0 Å². The molecule has 5 nitrogen and oxygen atoms in total. The summed E-state index contributed by atoms with van der Waals surface area (Å²) in [6.07, 6.45) is 3.37. The lowest BCUT2D eigenvalue weighted by Gasteiger charge is -2.15. The summed E-state index contributed by atoms with van der Waals surface area (Å²) in [6.45, 7) is 3.99. The van der Waals surface area contributed by atoms with Crippen LogP contribution in [0, 0.1) is 0 Å². The molecule has 2 aromatic rings. The molecule has 0 spiro atoms. The first kappa shape index (κ1) is 18.9. The number of thioether (sulfide) groups is 1. The first-order valence-corrected chi connectivity index (χ1v) is 9.16. The molecule has 7 heteroatoms. The van der Waals surface area contributed by atoms with E-state index in [2.05, 4.69) is 6.58 Å². The average Bonchev–Trinajstić information content (AvgIpc) is 2.94. The molecule has 0 bridgehead atoms. The Balaban J connectivity index is 1.89. The number of benzene rings is 2. The topological polar surface area (TPSA) is 69.7 Å². The van der Waals surface area contributed by atoms with Crippen LogP contribution in [-0.4, -0.2) is 22.8 Å². The SMILES string of the molecule is C=CCOc1ccccc1/C=C1/SC(=S)N(c2ccc(C(=O)[O-])cc2)C1=O. The Morgan fingerprint density at radius 1 is 1.22 bits per heavy atom. The number of para-hydroxylation sites is 1. The number of amides is 1. The normalized spacial score (nSPS) is 15.3. The van der Waals surface area contributed by atoms with E-state index in [-0.39, 0.29) is 11.5 Å². The van der Waals surface area contributed by atoms with Crippen molar-refractivity contribution in [2.45, 2.75) is 0 Å². The van der Waals surface area contributed by atoms with E-state index >= 15 is 0 Å². The van der Waals surface area contributed by atoms with Crippen LogP contribution in [0.4, 0.5) is 5.69 Å². The molecular formula is C20H14NO4S2-. The summed E-state index contributed by atoms with van der Waals surface area (Å²) in [6, 6.07) is 13.2. The third-order valence-electron chi connectivity index (χ3n) is 3.72. The van der Waals surface area contributed by atoms with Crippen LogP contribution in [0.15, 0.2) is 66.1 Å². The number of hydrogen-bond acceptors (Lipinski definition) is 6. The minimum atomic E-state index is -1.28. The summed E-state index contributed by atoms with van der Waals surface area (Å²) in [5.41, 5.74) is 1.29. The second-order valence-corrected chi connectivity index (χ2v) is 7.16. The smallest absolute Gasteiger partial charge is 0.270 e. The predicted molar refractivity (Wildman–Crippen MR) is 109 cm³/mol. The molecule has 1 heterocycles. The van der Waals surface area contributed by atoms with Crippen molar-refractivity contribution in [2.24, 2.45) is 0 Å². The summed E-state index contributed by atoms with van der Waals surface area (Å²) in [4.78, 5) is 25.5. The lowest BCUT2D eigenvalue weighted by Crippen LogP contribution is -2.28. The zero-order valence-electron chi connectivity index (χ0n) is 14.1. The highest BCUT2D eigenvalue weighted by molar-refractivity contribution is 8.27. The van der Waals surface area contributed by atoms with Gasteiger partial charge >= 0.3 is 0 Å². The van der Waals surface area contributed by atoms with Gasteiger partial charge < -0.3 is 14.6 Å². The Hall–Kier alpha value is -2.90. The maximum absolute atomic E-state index is 12.8. The zero-order chi connectivity index (χ0) is 19.4. The first-order valence-electron chi connectivity index (χ1n) is 7.93. The van der Waals surface area contributed by atoms with Gasteiger partial charge in [-0.25, -0.2) is 0 Å². The van der Waals surface area contributed by atoms with Crippen molar-refractivity contribution in [1.29, 1.82) is 0 Å². The molecule has 0 saturated carbocycles. The Bertz CT molecular complexity index is 951. The number of carbonyl (C=O) groups excluding carboxylic acids is 2. The molecule has 0 N–H and O–H groups in total. The molecule has 3 rings (SSSR count). The molecule has 27 heavy (non-hydrogen) atoms. The number of ether oxygens (including phenoxy) is 1. The van der Waals surface area contributed by atoms with E-state index in [0.29, 0.717) is 27.3 Å². The molecule has 0 radical (unpaired) electrons. The summed E-state index contributed by atoms with van der Waals surface area (Å²) in [5.74, 6) is -0.909. The molecule has 0 aromatic heterocycles. The van der Waals surface area contributed by atoms with Crippen LogP contribution < -0.4 is 14.7 Å². The van der Waals surface area contributed by atoms with Crippen molar-refractivity contribution in [2.75, 3.05) is 11.5 Å². The number of aromatic carboxylic acids is 1. The Morgan fingerprint density at radius 3 is 2.59 bits per heavy atom. The monoisotopic (exact) mass is 396 g/mol. The van der Waals surface area contributed by atoms with Crippen LogP contribution in [-0.2, 0) is 4.79 Å². The third-order valence-corrected chi connectivity index (χ3v) is 5.02. The predicted octanol–water partition coefficient (Wildman–Crippen LogP) is 3.02. The van der Waals surface area contributed by atoms with E-state index in [9.17, 15) is 14.7 Å². The van der Waals surface area contributed by atoms with Gasteiger partial charge in [0, 0.05) is 5.56 Å². The molecule has 1 aliphatic rings. The summed E-state index contributed by atoms with van der Waals surface area (Å²) in [7, 11) is 0. The minimum absolute atomic E-state index is 0.0352. The summed E-state index contributed by atoms with van der Waals surface area (Å²) in [5, 5.41) is 10.9. The number of rotatable bonds is 6. The maximum Gasteiger partial charge on any atom is 0.270 e. The largest absolute Gasteiger partial charge is 0.545 e. The molecule has 1 amide bonds. The van der Waals surface area contributed by atoms with Crippen molar-refractivity contribution in [3.8, 4) is 5.75 Å². The van der Waals surface area contributed by atoms with Gasteiger partial charge in [0.15, 0.2) is 4.32 Å². The lowest BCUT2D eigenvalue weighted by atomic mass is 10.1. The second kappa shape index (κ2) is 8.20. The molecule has 1 aliphatic heterocycles. The fourth-order valence-corrected chi connectivity index (χ4v) is 3.75. The van der Waals surface area contributed by atoms with Gasteiger partial charge in [0.2, 0.25) is 0 Å². The van der Waals surface area contributed by atoms with E-state index in [4.69, 9.17) is 17.0 Å². The van der Waals surface area contributed by atoms with Crippen LogP contribution in [0.5, 0.6) is 5.75 Å². The van der Waals surface area contributed by atoms with Gasteiger partial charge in [-0.1, -0.05) is 67.0 Å². The Kier molecular flexibility index (Phi) is 5.73. The van der Waals surface area contributed by atoms with E-state index in [1.54, 1.807) is 12.2 Å². The van der Waals surface area contributed by atoms with Gasteiger partial charge in [-0.3, -0.25) is 9.69 Å². The third kappa shape index (κ3) is 4.10. The Morgan fingerprint density at radius 2 is 1.93 bits per heavy atom. The highest BCUT2D eigenvalue weighted by Crippen LogP contribution is 2.37. The fourth-order valence-electron chi connectivity index (χ4n) is 2.46. The Labute approximate surface area is 165 Å². The number of carboxylic acids is 1. The zero-order valence-corrected chi connectivity index (χ0v) is 15.7. The molecule has 136 valence electrons. The van der Waals surface area contributed by atoms with Gasteiger partial charge in [0.05, 0.1) is 16.6 Å². The van der Waals surface area contributed by atoms with Crippen LogP contribution in [0.3, 0.4) is 0 Å². The summed E-state index contributed by atoms with van der Waals surface area (Å²) < 4.78 is 5.99. The molecule has 2 aromatic carbocycles. The van der Waals surface area contributed by atoms with Crippen LogP contribution in [0.2, 0.25) is 0 Å². The van der Waals surface area contributed by atoms with E-state index in [1.807, 2.05) is 24.3 Å². The first-order chi connectivity index (χ1) is 13.0. The lowest BCUT2D eigenvalue weighted by molar-refractivity contribution is -0.255. The number of nitrogens with zero attached hydrogens (tertiary/aromatic N) is 1. The van der Waals surface area contributed by atoms with Gasteiger partial charge in [-0.2, -0.15) is 0 Å². The van der Waals surface area contributed by atoms with E-state index in [1.165, 1.54) is 40.9 Å². The average molecular weight is 396 g/mol. The highest BCUT2D eigenvalue weighted by atomic mass is 32.2. The fraction of sp³-hybridized carbons (Fsp3) is 0.0500. The van der Waals surface area contributed by atoms with Gasteiger partial charge in [0.1, 0.15) is 12.4 Å². The van der Waals surface area contributed by atoms with Crippen LogP contribution in [0.25, 0.3) is 6.08 Å².